The number of hydrogen-bond donors (Lipinski definition) is 0. The van der Waals surface area contributed by atoms with E-state index >= 15 is 0 Å². The van der Waals surface area contributed by atoms with Gasteiger partial charge in [0.2, 0.25) is 0 Å². The molecule has 0 fully saturated rings. The van der Waals surface area contributed by atoms with Crippen molar-refractivity contribution in [2.45, 2.75) is 11.4 Å². The van der Waals surface area contributed by atoms with Crippen molar-refractivity contribution in [3.8, 4) is 0 Å². The SMILES string of the molecule is CCI(C)Cc1ccccc1. The third kappa shape index (κ3) is 3.23. The van der Waals surface area contributed by atoms with Crippen LogP contribution in [0.15, 0.2) is 30.3 Å². The first kappa shape index (κ1) is 9.04. The molecule has 0 spiro atoms. The Bertz CT molecular complexity index is 193. The average molecular weight is 262 g/mol. The van der Waals surface area contributed by atoms with Crippen LogP contribution in [0.5, 0.6) is 0 Å². The Morgan fingerprint density at radius 2 is 1.82 bits per heavy atom. The number of rotatable bonds is 3. The van der Waals surface area contributed by atoms with Crippen LogP contribution in [0.2, 0.25) is 0 Å². The van der Waals surface area contributed by atoms with Crippen molar-refractivity contribution in [3.05, 3.63) is 35.9 Å². The molecule has 1 aromatic rings. The van der Waals surface area contributed by atoms with Crippen LogP contribution in [-0.2, 0) is 4.43 Å². The first-order chi connectivity index (χ1) is 5.33. The van der Waals surface area contributed by atoms with Crippen LogP contribution in [0.4, 0.5) is 0 Å². The number of alkyl halides is 3. The van der Waals surface area contributed by atoms with Gasteiger partial charge in [-0.05, 0) is 0 Å². The Labute approximate surface area is 76.4 Å². The third-order valence-corrected chi connectivity index (χ3v) is 6.47. The van der Waals surface area contributed by atoms with E-state index in [2.05, 4.69) is 42.2 Å². The Balaban J connectivity index is 2.51. The first-order valence-corrected chi connectivity index (χ1v) is 9.09. The fourth-order valence-electron chi connectivity index (χ4n) is 0.925. The normalized spacial score (nSPS) is 11.3. The Morgan fingerprint density at radius 3 is 2.36 bits per heavy atom. The van der Waals surface area contributed by atoms with Crippen molar-refractivity contribution in [2.24, 2.45) is 0 Å². The molecular formula is C10H15I. The molecule has 1 heteroatoms. The van der Waals surface area contributed by atoms with Gasteiger partial charge < -0.3 is 0 Å². The second kappa shape index (κ2) is 4.75. The Morgan fingerprint density at radius 1 is 1.18 bits per heavy atom. The molecule has 0 aliphatic carbocycles. The average Bonchev–Trinajstić information content (AvgIpc) is 2.06. The molecule has 0 heterocycles. The zero-order chi connectivity index (χ0) is 8.10. The standard InChI is InChI=1S/C10H15I/c1-3-11(2)9-10-7-5-4-6-8-10/h4-8H,3,9H2,1-2H3. The Kier molecular flexibility index (Phi) is 3.91. The monoisotopic (exact) mass is 262 g/mol. The predicted molar refractivity (Wildman–Crippen MR) is 60.6 cm³/mol. The van der Waals surface area contributed by atoms with Crippen LogP contribution in [0, 0.1) is 0 Å². The van der Waals surface area contributed by atoms with Gasteiger partial charge in [-0.25, -0.2) is 0 Å². The molecule has 0 radical (unpaired) electrons. The topological polar surface area (TPSA) is 0 Å². The van der Waals surface area contributed by atoms with Gasteiger partial charge in [-0.15, -0.1) is 0 Å². The van der Waals surface area contributed by atoms with E-state index in [9.17, 15) is 0 Å². The summed E-state index contributed by atoms with van der Waals surface area (Å²) in [7, 11) is 0. The van der Waals surface area contributed by atoms with Crippen molar-refractivity contribution in [1.29, 1.82) is 0 Å². The van der Waals surface area contributed by atoms with Gasteiger partial charge in [0.05, 0.1) is 0 Å². The Hall–Kier alpha value is -0.0500. The predicted octanol–water partition coefficient (Wildman–Crippen LogP) is 3.34. The molecule has 0 bridgehead atoms. The number of benzene rings is 1. The summed E-state index contributed by atoms with van der Waals surface area (Å²) >= 11 is -0.565. The van der Waals surface area contributed by atoms with E-state index in [0.29, 0.717) is 0 Å². The fourth-order valence-corrected chi connectivity index (χ4v) is 3.48. The summed E-state index contributed by atoms with van der Waals surface area (Å²) in [5, 5.41) is 0. The van der Waals surface area contributed by atoms with Crippen molar-refractivity contribution in [1.82, 2.24) is 0 Å². The van der Waals surface area contributed by atoms with E-state index < -0.39 is 19.8 Å². The summed E-state index contributed by atoms with van der Waals surface area (Å²) in [6.45, 7) is 2.31. The van der Waals surface area contributed by atoms with Crippen molar-refractivity contribution in [3.63, 3.8) is 0 Å². The van der Waals surface area contributed by atoms with E-state index in [-0.39, 0.29) is 0 Å². The molecule has 1 rings (SSSR count). The number of hydrogen-bond acceptors (Lipinski definition) is 0. The molecule has 0 N–H and O–H groups in total. The summed E-state index contributed by atoms with van der Waals surface area (Å²) in [5.41, 5.74) is 1.53. The van der Waals surface area contributed by atoms with Gasteiger partial charge in [0.25, 0.3) is 0 Å². The zero-order valence-corrected chi connectivity index (χ0v) is 9.34. The van der Waals surface area contributed by atoms with E-state index in [0.717, 1.165) is 0 Å². The molecular weight excluding hydrogens is 247 g/mol. The molecule has 0 aromatic heterocycles. The molecule has 0 saturated heterocycles. The van der Waals surface area contributed by atoms with Crippen LogP contribution >= 0.6 is 19.8 Å². The van der Waals surface area contributed by atoms with E-state index in [1.54, 1.807) is 0 Å². The summed E-state index contributed by atoms with van der Waals surface area (Å²) in [6, 6.07) is 10.8. The van der Waals surface area contributed by atoms with Gasteiger partial charge >= 0.3 is 76.4 Å². The van der Waals surface area contributed by atoms with E-state index in [1.165, 1.54) is 14.4 Å². The molecule has 0 aliphatic rings. The van der Waals surface area contributed by atoms with Gasteiger partial charge in [0.1, 0.15) is 0 Å². The van der Waals surface area contributed by atoms with Crippen LogP contribution in [-0.4, -0.2) is 9.36 Å². The summed E-state index contributed by atoms with van der Waals surface area (Å²) in [4.78, 5) is 2.46. The summed E-state index contributed by atoms with van der Waals surface area (Å²) in [6.07, 6.45) is 0. The summed E-state index contributed by atoms with van der Waals surface area (Å²) in [5.74, 6) is 0. The second-order valence-corrected chi connectivity index (χ2v) is 9.03. The van der Waals surface area contributed by atoms with Gasteiger partial charge in [0, 0.05) is 0 Å². The molecule has 11 heavy (non-hydrogen) atoms. The first-order valence-electron chi connectivity index (χ1n) is 3.88. The third-order valence-electron chi connectivity index (χ3n) is 1.68. The van der Waals surface area contributed by atoms with Gasteiger partial charge in [0.15, 0.2) is 0 Å². The van der Waals surface area contributed by atoms with Crippen LogP contribution in [0.3, 0.4) is 0 Å². The molecule has 0 saturated carbocycles. The minimum atomic E-state index is -0.565. The van der Waals surface area contributed by atoms with Crippen molar-refractivity contribution in [2.75, 3.05) is 9.36 Å². The van der Waals surface area contributed by atoms with Gasteiger partial charge in [-0.1, -0.05) is 0 Å². The van der Waals surface area contributed by atoms with E-state index in [1.807, 2.05) is 0 Å². The molecule has 1 aromatic carbocycles. The molecule has 0 aliphatic heterocycles. The molecule has 62 valence electrons. The van der Waals surface area contributed by atoms with Crippen LogP contribution < -0.4 is 0 Å². The molecule has 0 nitrogen and oxygen atoms in total. The maximum absolute atomic E-state index is 2.46. The van der Waals surface area contributed by atoms with Crippen molar-refractivity contribution >= 4 is 19.8 Å². The molecule has 0 amide bonds. The quantitative estimate of drug-likeness (QED) is 0.579. The van der Waals surface area contributed by atoms with Crippen LogP contribution in [0.25, 0.3) is 0 Å². The second-order valence-electron chi connectivity index (χ2n) is 2.61. The van der Waals surface area contributed by atoms with E-state index in [4.69, 9.17) is 0 Å². The molecule has 0 unspecified atom stereocenters. The van der Waals surface area contributed by atoms with Crippen molar-refractivity contribution < 1.29 is 0 Å². The zero-order valence-electron chi connectivity index (χ0n) is 7.18. The molecule has 0 atom stereocenters. The van der Waals surface area contributed by atoms with Gasteiger partial charge in [-0.2, -0.15) is 0 Å². The van der Waals surface area contributed by atoms with Gasteiger partial charge in [-0.3, -0.25) is 0 Å². The maximum atomic E-state index is 2.46. The summed E-state index contributed by atoms with van der Waals surface area (Å²) < 4.78 is 2.81. The fraction of sp³-hybridized carbons (Fsp3) is 0.400. The van der Waals surface area contributed by atoms with Crippen LogP contribution in [0.1, 0.15) is 12.5 Å². The number of halogens is 1. The minimum absolute atomic E-state index is 0.565.